The SMILES string of the molecule is CCN1CCN(CC(=O)N2N=C(c3ccccc3OC)CC2c2ccc(OC)cc2OC)CC1. The normalized spacial score (nSPS) is 19.1. The average molecular weight is 467 g/mol. The van der Waals surface area contributed by atoms with E-state index in [0.29, 0.717) is 24.5 Å². The van der Waals surface area contributed by atoms with Crippen molar-refractivity contribution < 1.29 is 19.0 Å². The number of carbonyl (C=O) groups excluding carboxylic acids is 1. The second kappa shape index (κ2) is 10.9. The molecule has 1 amide bonds. The van der Waals surface area contributed by atoms with Crippen molar-refractivity contribution in [1.82, 2.24) is 14.8 Å². The summed E-state index contributed by atoms with van der Waals surface area (Å²) in [6.45, 7) is 7.28. The summed E-state index contributed by atoms with van der Waals surface area (Å²) in [5, 5.41) is 6.47. The van der Waals surface area contributed by atoms with E-state index in [1.807, 2.05) is 42.5 Å². The Morgan fingerprint density at radius 2 is 1.65 bits per heavy atom. The van der Waals surface area contributed by atoms with Crippen LogP contribution >= 0.6 is 0 Å². The molecule has 34 heavy (non-hydrogen) atoms. The molecular weight excluding hydrogens is 432 g/mol. The summed E-state index contributed by atoms with van der Waals surface area (Å²) in [7, 11) is 4.91. The highest BCUT2D eigenvalue weighted by Crippen LogP contribution is 2.40. The Morgan fingerprint density at radius 3 is 2.32 bits per heavy atom. The van der Waals surface area contributed by atoms with Gasteiger partial charge in [-0.25, -0.2) is 5.01 Å². The highest BCUT2D eigenvalue weighted by Gasteiger charge is 2.36. The molecule has 1 unspecified atom stereocenters. The number of carbonyl (C=O) groups is 1. The van der Waals surface area contributed by atoms with Gasteiger partial charge in [0.05, 0.1) is 39.6 Å². The molecule has 1 fully saturated rings. The van der Waals surface area contributed by atoms with Gasteiger partial charge in [0.2, 0.25) is 0 Å². The molecule has 2 aromatic rings. The van der Waals surface area contributed by atoms with E-state index in [-0.39, 0.29) is 11.9 Å². The van der Waals surface area contributed by atoms with Gasteiger partial charge in [-0.2, -0.15) is 5.10 Å². The Hall–Kier alpha value is -3.10. The first-order valence-electron chi connectivity index (χ1n) is 11.8. The van der Waals surface area contributed by atoms with Gasteiger partial charge < -0.3 is 19.1 Å². The zero-order valence-electron chi connectivity index (χ0n) is 20.5. The zero-order valence-corrected chi connectivity index (χ0v) is 20.5. The molecule has 0 spiro atoms. The average Bonchev–Trinajstić information content (AvgIpc) is 3.34. The number of benzene rings is 2. The number of hydrazone groups is 1. The van der Waals surface area contributed by atoms with Crippen LogP contribution in [-0.4, -0.2) is 87.0 Å². The van der Waals surface area contributed by atoms with Gasteiger partial charge in [0.25, 0.3) is 5.91 Å². The Morgan fingerprint density at radius 1 is 0.941 bits per heavy atom. The smallest absolute Gasteiger partial charge is 0.257 e. The van der Waals surface area contributed by atoms with E-state index in [9.17, 15) is 4.79 Å². The van der Waals surface area contributed by atoms with Crippen molar-refractivity contribution in [3.63, 3.8) is 0 Å². The maximum absolute atomic E-state index is 13.6. The van der Waals surface area contributed by atoms with Crippen LogP contribution in [0.3, 0.4) is 0 Å². The van der Waals surface area contributed by atoms with E-state index in [1.165, 1.54) is 0 Å². The van der Waals surface area contributed by atoms with Crippen molar-refractivity contribution in [1.29, 1.82) is 0 Å². The summed E-state index contributed by atoms with van der Waals surface area (Å²) in [6, 6.07) is 13.2. The molecule has 1 saturated heterocycles. The van der Waals surface area contributed by atoms with Gasteiger partial charge in [-0.1, -0.05) is 19.1 Å². The van der Waals surface area contributed by atoms with Gasteiger partial charge in [-0.3, -0.25) is 9.69 Å². The van der Waals surface area contributed by atoms with Gasteiger partial charge in [0.1, 0.15) is 17.2 Å². The third-order valence-corrected chi connectivity index (χ3v) is 6.65. The highest BCUT2D eigenvalue weighted by atomic mass is 16.5. The standard InChI is InChI=1S/C26H34N4O4/c1-5-28-12-14-29(15-13-28)18-26(31)30-23(21-11-10-19(32-2)16-25(21)34-4)17-22(27-30)20-8-6-7-9-24(20)33-3/h6-11,16,23H,5,12-15,17-18H2,1-4H3. The number of hydrogen-bond acceptors (Lipinski definition) is 7. The van der Waals surface area contributed by atoms with Gasteiger partial charge in [-0.05, 0) is 30.8 Å². The largest absolute Gasteiger partial charge is 0.497 e. The van der Waals surface area contributed by atoms with Crippen molar-refractivity contribution in [2.75, 3.05) is 60.6 Å². The van der Waals surface area contributed by atoms with Crippen molar-refractivity contribution in [3.8, 4) is 17.2 Å². The molecule has 182 valence electrons. The van der Waals surface area contributed by atoms with Crippen LogP contribution in [0.1, 0.15) is 30.5 Å². The van der Waals surface area contributed by atoms with E-state index in [0.717, 1.165) is 55.3 Å². The summed E-state index contributed by atoms with van der Waals surface area (Å²) in [4.78, 5) is 18.2. The van der Waals surface area contributed by atoms with E-state index < -0.39 is 0 Å². The minimum atomic E-state index is -0.273. The van der Waals surface area contributed by atoms with Crippen LogP contribution in [0.2, 0.25) is 0 Å². The number of para-hydroxylation sites is 1. The molecule has 1 atom stereocenters. The summed E-state index contributed by atoms with van der Waals surface area (Å²) in [6.07, 6.45) is 0.568. The van der Waals surface area contributed by atoms with Crippen LogP contribution in [0.5, 0.6) is 17.2 Å². The number of rotatable bonds is 8. The predicted octanol–water partition coefficient (Wildman–Crippen LogP) is 3.03. The lowest BCUT2D eigenvalue weighted by Crippen LogP contribution is -2.49. The molecule has 0 aliphatic carbocycles. The van der Waals surface area contributed by atoms with Crippen molar-refractivity contribution >= 4 is 11.6 Å². The Labute approximate surface area is 201 Å². The van der Waals surface area contributed by atoms with Crippen molar-refractivity contribution in [2.45, 2.75) is 19.4 Å². The van der Waals surface area contributed by atoms with Gasteiger partial charge >= 0.3 is 0 Å². The van der Waals surface area contributed by atoms with E-state index in [4.69, 9.17) is 19.3 Å². The summed E-state index contributed by atoms with van der Waals surface area (Å²) < 4.78 is 16.6. The molecule has 0 radical (unpaired) electrons. The summed E-state index contributed by atoms with van der Waals surface area (Å²) >= 11 is 0. The summed E-state index contributed by atoms with van der Waals surface area (Å²) in [5.74, 6) is 2.11. The highest BCUT2D eigenvalue weighted by molar-refractivity contribution is 6.05. The van der Waals surface area contributed by atoms with Crippen LogP contribution in [-0.2, 0) is 4.79 Å². The van der Waals surface area contributed by atoms with Crippen LogP contribution in [0, 0.1) is 0 Å². The van der Waals surface area contributed by atoms with Gasteiger partial charge in [-0.15, -0.1) is 0 Å². The fraction of sp³-hybridized carbons (Fsp3) is 0.462. The third-order valence-electron chi connectivity index (χ3n) is 6.65. The second-order valence-electron chi connectivity index (χ2n) is 8.52. The van der Waals surface area contributed by atoms with Gasteiger partial charge in [0, 0.05) is 49.8 Å². The number of likely N-dealkylation sites (N-methyl/N-ethyl adjacent to an activating group) is 1. The Bertz CT molecular complexity index is 1030. The minimum absolute atomic E-state index is 0.0160. The molecule has 4 rings (SSSR count). The number of nitrogens with zero attached hydrogens (tertiary/aromatic N) is 4. The molecule has 0 bridgehead atoms. The van der Waals surface area contributed by atoms with Gasteiger partial charge in [0.15, 0.2) is 0 Å². The minimum Gasteiger partial charge on any atom is -0.497 e. The Balaban J connectivity index is 1.64. The zero-order chi connectivity index (χ0) is 24.1. The molecule has 8 nitrogen and oxygen atoms in total. The maximum atomic E-state index is 13.6. The number of methoxy groups -OCH3 is 3. The first-order chi connectivity index (χ1) is 16.6. The van der Waals surface area contributed by atoms with Crippen molar-refractivity contribution in [2.24, 2.45) is 5.10 Å². The Kier molecular flexibility index (Phi) is 7.70. The molecule has 2 heterocycles. The number of ether oxygens (including phenoxy) is 3. The van der Waals surface area contributed by atoms with Crippen LogP contribution in [0.25, 0.3) is 0 Å². The molecule has 2 aliphatic rings. The third kappa shape index (κ3) is 5.03. The lowest BCUT2D eigenvalue weighted by molar-refractivity contribution is -0.134. The fourth-order valence-electron chi connectivity index (χ4n) is 4.65. The number of hydrogen-bond donors (Lipinski definition) is 0. The van der Waals surface area contributed by atoms with E-state index >= 15 is 0 Å². The molecular formula is C26H34N4O4. The van der Waals surface area contributed by atoms with Crippen LogP contribution in [0.15, 0.2) is 47.6 Å². The molecule has 8 heteroatoms. The predicted molar refractivity (Wildman–Crippen MR) is 132 cm³/mol. The number of piperazine rings is 1. The lowest BCUT2D eigenvalue weighted by Gasteiger charge is -2.34. The lowest BCUT2D eigenvalue weighted by atomic mass is 9.97. The number of amides is 1. The molecule has 0 N–H and O–H groups in total. The quantitative estimate of drug-likeness (QED) is 0.596. The monoisotopic (exact) mass is 466 g/mol. The first kappa shape index (κ1) is 24.0. The molecule has 0 saturated carbocycles. The van der Waals surface area contributed by atoms with Crippen molar-refractivity contribution in [3.05, 3.63) is 53.6 Å². The molecule has 0 aromatic heterocycles. The van der Waals surface area contributed by atoms with Crippen LogP contribution < -0.4 is 14.2 Å². The second-order valence-corrected chi connectivity index (χ2v) is 8.52. The van der Waals surface area contributed by atoms with Crippen LogP contribution in [0.4, 0.5) is 0 Å². The van der Waals surface area contributed by atoms with E-state index in [2.05, 4.69) is 16.7 Å². The fourth-order valence-corrected chi connectivity index (χ4v) is 4.65. The first-order valence-corrected chi connectivity index (χ1v) is 11.8. The molecule has 2 aromatic carbocycles. The van der Waals surface area contributed by atoms with E-state index in [1.54, 1.807) is 26.3 Å². The maximum Gasteiger partial charge on any atom is 0.257 e. The molecule has 2 aliphatic heterocycles. The topological polar surface area (TPSA) is 66.8 Å². The summed E-state index contributed by atoms with van der Waals surface area (Å²) in [5.41, 5.74) is 2.62.